The predicted octanol–water partition coefficient (Wildman–Crippen LogP) is -1.57. The minimum absolute atomic E-state index is 0.00966. The van der Waals surface area contributed by atoms with Crippen molar-refractivity contribution in [2.24, 2.45) is 0 Å². The van der Waals surface area contributed by atoms with Crippen LogP contribution in [0.15, 0.2) is 0 Å². The molecule has 0 aliphatic heterocycles. The van der Waals surface area contributed by atoms with Gasteiger partial charge in [0.2, 0.25) is 0 Å². The third-order valence-electron chi connectivity index (χ3n) is 1.61. The van der Waals surface area contributed by atoms with Crippen LogP contribution in [0.25, 0.3) is 0 Å². The normalized spacial score (nSPS) is 10.2. The number of carbonyl (C=O) groups excluding carboxylic acids is 1. The summed E-state index contributed by atoms with van der Waals surface area (Å²) in [6.07, 6.45) is 0. The smallest absolute Gasteiger partial charge is 0.317 e. The third-order valence-corrected chi connectivity index (χ3v) is 1.61. The molecule has 0 saturated carbocycles. The van der Waals surface area contributed by atoms with Gasteiger partial charge in [-0.25, -0.2) is 0 Å². The Bertz CT molecular complexity index is 177. The summed E-state index contributed by atoms with van der Waals surface area (Å²) in [6, 6.07) is 0. The lowest BCUT2D eigenvalue weighted by Crippen LogP contribution is -2.35. The Balaban J connectivity index is 2.99. The number of carbonyl (C=O) groups is 2. The molecular weight excluding hydrogens is 198 g/mol. The Morgan fingerprint density at radius 3 is 1.87 bits per heavy atom. The van der Waals surface area contributed by atoms with Crippen molar-refractivity contribution in [2.75, 3.05) is 39.3 Å². The van der Waals surface area contributed by atoms with Crippen molar-refractivity contribution >= 4 is 11.8 Å². The van der Waals surface area contributed by atoms with Gasteiger partial charge in [0, 0.05) is 26.2 Å². The molecule has 15 heavy (non-hydrogen) atoms. The highest BCUT2D eigenvalue weighted by Crippen LogP contribution is 1.65. The van der Waals surface area contributed by atoms with Crippen molar-refractivity contribution in [1.29, 1.82) is 0 Å². The summed E-state index contributed by atoms with van der Waals surface area (Å²) in [4.78, 5) is 20.6. The lowest BCUT2D eigenvalue weighted by molar-refractivity contribution is -0.135. The van der Waals surface area contributed by atoms with Crippen LogP contribution in [0.1, 0.15) is 6.92 Å². The molecule has 0 rings (SSSR count). The average Bonchev–Trinajstić information content (AvgIpc) is 2.14. The molecule has 0 radical (unpaired) electrons. The molecule has 4 N–H and O–H groups in total. The zero-order valence-electron chi connectivity index (χ0n) is 9.01. The van der Waals surface area contributed by atoms with Crippen LogP contribution in [-0.2, 0) is 9.59 Å². The van der Waals surface area contributed by atoms with E-state index in [9.17, 15) is 9.59 Å². The molecule has 0 aromatic rings. The molecule has 0 unspecified atom stereocenters. The second kappa shape index (κ2) is 9.57. The van der Waals surface area contributed by atoms with Gasteiger partial charge < -0.3 is 21.1 Å². The summed E-state index contributed by atoms with van der Waals surface area (Å²) in [6.45, 7) is 4.77. The SMILES string of the molecule is CC(=O)CNCCNCCNCC(=O)O. The molecule has 0 bridgehead atoms. The zero-order chi connectivity index (χ0) is 11.5. The number of carboxylic acid groups (broad SMARTS) is 1. The van der Waals surface area contributed by atoms with Crippen LogP contribution in [0.5, 0.6) is 0 Å². The van der Waals surface area contributed by atoms with Crippen LogP contribution in [-0.4, -0.2) is 56.1 Å². The average molecular weight is 217 g/mol. The van der Waals surface area contributed by atoms with Crippen LogP contribution in [0.3, 0.4) is 0 Å². The van der Waals surface area contributed by atoms with E-state index in [1.807, 2.05) is 0 Å². The molecule has 0 aliphatic rings. The number of ketones is 1. The maximum atomic E-state index is 10.5. The van der Waals surface area contributed by atoms with E-state index in [0.717, 1.165) is 19.6 Å². The standard InChI is InChI=1S/C9H19N3O3/c1-8(13)6-11-4-2-10-3-5-12-7-9(14)15/h10-12H,2-7H2,1H3,(H,14,15). The fraction of sp³-hybridized carbons (Fsp3) is 0.778. The molecule has 6 nitrogen and oxygen atoms in total. The van der Waals surface area contributed by atoms with Gasteiger partial charge in [-0.05, 0) is 6.92 Å². The van der Waals surface area contributed by atoms with Crippen molar-refractivity contribution in [3.05, 3.63) is 0 Å². The van der Waals surface area contributed by atoms with E-state index < -0.39 is 5.97 Å². The first kappa shape index (κ1) is 14.0. The molecule has 6 heteroatoms. The molecule has 0 aromatic carbocycles. The van der Waals surface area contributed by atoms with Gasteiger partial charge in [-0.3, -0.25) is 9.59 Å². The van der Waals surface area contributed by atoms with Crippen molar-refractivity contribution < 1.29 is 14.7 Å². The van der Waals surface area contributed by atoms with Gasteiger partial charge in [-0.2, -0.15) is 0 Å². The van der Waals surface area contributed by atoms with E-state index >= 15 is 0 Å². The number of aliphatic carboxylic acids is 1. The first-order chi connectivity index (χ1) is 7.13. The first-order valence-electron chi connectivity index (χ1n) is 4.96. The lowest BCUT2D eigenvalue weighted by atomic mass is 10.4. The topological polar surface area (TPSA) is 90.5 Å². The highest BCUT2D eigenvalue weighted by molar-refractivity contribution is 5.77. The van der Waals surface area contributed by atoms with Crippen molar-refractivity contribution in [3.8, 4) is 0 Å². The quantitative estimate of drug-likeness (QED) is 0.330. The highest BCUT2D eigenvalue weighted by atomic mass is 16.4. The Morgan fingerprint density at radius 2 is 1.40 bits per heavy atom. The monoisotopic (exact) mass is 217 g/mol. The van der Waals surface area contributed by atoms with E-state index in [0.29, 0.717) is 13.1 Å². The molecule has 0 fully saturated rings. The van der Waals surface area contributed by atoms with Crippen molar-refractivity contribution in [2.45, 2.75) is 6.92 Å². The number of hydrogen-bond acceptors (Lipinski definition) is 5. The zero-order valence-corrected chi connectivity index (χ0v) is 9.01. The van der Waals surface area contributed by atoms with Crippen LogP contribution < -0.4 is 16.0 Å². The number of hydrogen-bond donors (Lipinski definition) is 4. The summed E-state index contributed by atoms with van der Waals surface area (Å²) in [5.74, 6) is -0.726. The third kappa shape index (κ3) is 13.0. The Labute approximate surface area is 89.4 Å². The molecule has 0 amide bonds. The van der Waals surface area contributed by atoms with Gasteiger partial charge in [0.15, 0.2) is 0 Å². The second-order valence-electron chi connectivity index (χ2n) is 3.20. The molecule has 0 saturated heterocycles. The first-order valence-corrected chi connectivity index (χ1v) is 4.96. The van der Waals surface area contributed by atoms with Gasteiger partial charge >= 0.3 is 5.97 Å². The predicted molar refractivity (Wildman–Crippen MR) is 56.9 cm³/mol. The Morgan fingerprint density at radius 1 is 0.933 bits per heavy atom. The van der Waals surface area contributed by atoms with Crippen LogP contribution in [0, 0.1) is 0 Å². The van der Waals surface area contributed by atoms with Crippen LogP contribution in [0.2, 0.25) is 0 Å². The summed E-state index contributed by atoms with van der Waals surface area (Å²) < 4.78 is 0. The highest BCUT2D eigenvalue weighted by Gasteiger charge is 1.94. The van der Waals surface area contributed by atoms with Gasteiger partial charge in [-0.15, -0.1) is 0 Å². The Kier molecular flexibility index (Phi) is 8.95. The lowest BCUT2D eigenvalue weighted by Gasteiger charge is -2.05. The molecule has 0 aromatic heterocycles. The summed E-state index contributed by atoms with van der Waals surface area (Å²) >= 11 is 0. The van der Waals surface area contributed by atoms with E-state index in [4.69, 9.17) is 5.11 Å². The maximum Gasteiger partial charge on any atom is 0.317 e. The van der Waals surface area contributed by atoms with E-state index in [1.165, 1.54) is 6.92 Å². The van der Waals surface area contributed by atoms with Crippen molar-refractivity contribution in [1.82, 2.24) is 16.0 Å². The number of nitrogens with one attached hydrogen (secondary N) is 3. The van der Waals surface area contributed by atoms with Crippen molar-refractivity contribution in [3.63, 3.8) is 0 Å². The van der Waals surface area contributed by atoms with Gasteiger partial charge in [-0.1, -0.05) is 0 Å². The van der Waals surface area contributed by atoms with E-state index in [1.54, 1.807) is 0 Å². The number of carboxylic acids is 1. The molecule has 0 heterocycles. The molecule has 88 valence electrons. The molecule has 0 spiro atoms. The number of rotatable bonds is 10. The second-order valence-corrected chi connectivity index (χ2v) is 3.20. The van der Waals surface area contributed by atoms with Crippen LogP contribution in [0.4, 0.5) is 0 Å². The van der Waals surface area contributed by atoms with E-state index in [-0.39, 0.29) is 12.3 Å². The summed E-state index contributed by atoms with van der Waals surface area (Å²) in [5.41, 5.74) is 0. The fourth-order valence-electron chi connectivity index (χ4n) is 0.938. The molecule has 0 atom stereocenters. The van der Waals surface area contributed by atoms with Crippen LogP contribution >= 0.6 is 0 Å². The van der Waals surface area contributed by atoms with Gasteiger partial charge in [0.05, 0.1) is 13.1 Å². The van der Waals surface area contributed by atoms with E-state index in [2.05, 4.69) is 16.0 Å². The minimum atomic E-state index is -0.849. The molecular formula is C9H19N3O3. The van der Waals surface area contributed by atoms with Gasteiger partial charge in [0.25, 0.3) is 0 Å². The fourth-order valence-corrected chi connectivity index (χ4v) is 0.938. The van der Waals surface area contributed by atoms with Gasteiger partial charge in [0.1, 0.15) is 5.78 Å². The minimum Gasteiger partial charge on any atom is -0.480 e. The largest absolute Gasteiger partial charge is 0.480 e. The summed E-state index contributed by atoms with van der Waals surface area (Å²) in [5, 5.41) is 17.1. The maximum absolute atomic E-state index is 10.5. The Hall–Kier alpha value is -0.980. The molecule has 0 aliphatic carbocycles. The summed E-state index contributed by atoms with van der Waals surface area (Å²) in [7, 11) is 0. The number of Topliss-reactive ketones (excluding diaryl/α,β-unsaturated/α-hetero) is 1.